The zero-order valence-electron chi connectivity index (χ0n) is 25.5. The molecule has 4 heterocycles. The van der Waals surface area contributed by atoms with Crippen LogP contribution in [0, 0.1) is 17.3 Å². The maximum Gasteiger partial charge on any atom is 0.586 e. The molecule has 11 nitrogen and oxygen atoms in total. The largest absolute Gasteiger partial charge is 0.586 e. The van der Waals surface area contributed by atoms with Gasteiger partial charge in [-0.05, 0) is 56.1 Å². The van der Waals surface area contributed by atoms with Crippen LogP contribution >= 0.6 is 0 Å². The number of carbonyl (C=O) groups is 3. The minimum Gasteiger partial charge on any atom is -0.471 e. The molecule has 4 aliphatic rings. The fraction of sp³-hybridized carbons (Fsp3) is 0.645. The number of alkyl carbamates (subject to hydrolysis) is 1. The first-order valence-electron chi connectivity index (χ1n) is 15.3. The number of hydrogen-bond donors (Lipinski definition) is 1. The van der Waals surface area contributed by atoms with Crippen molar-refractivity contribution in [3.8, 4) is 17.4 Å². The monoisotopic (exact) mass is 616 g/mol. The highest BCUT2D eigenvalue weighted by atomic mass is 19.3. The standard InChI is InChI=1S/C31H38F2N4O7/c1-15-22-14-37(24(15)16(2)38)28(39)26(30(3,4)5)36-29(40)42-21-13-17(21)9-7-6-8-10-19-27(41-22)35-23-18(34-19)11-12-20-25(23)44-31(32,33)43-20/h11-12,15,17,21-22,24,26H,6-10,13-14H2,1-5H3,(H,36,40)/t15?,17-,21-,22+,24+,26-/m1/s1. The first kappa shape index (κ1) is 30.3. The summed E-state index contributed by atoms with van der Waals surface area (Å²) in [7, 11) is 0. The molecule has 1 unspecified atom stereocenters. The molecule has 3 aliphatic heterocycles. The number of ether oxygens (including phenoxy) is 4. The van der Waals surface area contributed by atoms with Crippen molar-refractivity contribution in [1.82, 2.24) is 20.2 Å². The smallest absolute Gasteiger partial charge is 0.471 e. The van der Waals surface area contributed by atoms with Gasteiger partial charge >= 0.3 is 12.4 Å². The lowest BCUT2D eigenvalue weighted by molar-refractivity contribution is -0.286. The number of hydrogen-bond acceptors (Lipinski definition) is 9. The Balaban J connectivity index is 1.38. The van der Waals surface area contributed by atoms with E-state index in [9.17, 15) is 23.2 Å². The second kappa shape index (κ2) is 11.0. The molecule has 2 amide bonds. The highest BCUT2D eigenvalue weighted by Gasteiger charge is 2.50. The van der Waals surface area contributed by atoms with Gasteiger partial charge in [0.05, 0.1) is 18.1 Å². The zero-order chi connectivity index (χ0) is 31.6. The van der Waals surface area contributed by atoms with Crippen molar-refractivity contribution in [2.75, 3.05) is 6.54 Å². The van der Waals surface area contributed by atoms with E-state index >= 15 is 0 Å². The lowest BCUT2D eigenvalue weighted by Crippen LogP contribution is -2.57. The van der Waals surface area contributed by atoms with Crippen LogP contribution in [0.1, 0.15) is 72.4 Å². The molecule has 6 atom stereocenters. The lowest BCUT2D eigenvalue weighted by Gasteiger charge is -2.35. The number of nitrogens with one attached hydrogen (secondary N) is 1. The highest BCUT2D eigenvalue weighted by molar-refractivity contribution is 5.92. The summed E-state index contributed by atoms with van der Waals surface area (Å²) in [6.45, 7) is 8.79. The first-order chi connectivity index (χ1) is 20.7. The molecular weight excluding hydrogens is 578 g/mol. The van der Waals surface area contributed by atoms with Crippen LogP contribution in [0.4, 0.5) is 13.6 Å². The Morgan fingerprint density at radius 2 is 1.84 bits per heavy atom. The predicted molar refractivity (Wildman–Crippen MR) is 152 cm³/mol. The Bertz CT molecular complexity index is 1500. The summed E-state index contributed by atoms with van der Waals surface area (Å²) >= 11 is 0. The van der Waals surface area contributed by atoms with Crippen LogP contribution < -0.4 is 19.5 Å². The summed E-state index contributed by atoms with van der Waals surface area (Å²) in [6, 6.07) is 1.15. The van der Waals surface area contributed by atoms with Gasteiger partial charge in [-0.3, -0.25) is 9.59 Å². The lowest BCUT2D eigenvalue weighted by atomic mass is 9.85. The minimum absolute atomic E-state index is 0.0436. The summed E-state index contributed by atoms with van der Waals surface area (Å²) in [5.41, 5.74) is 0.282. The number of aromatic nitrogens is 2. The molecule has 0 radical (unpaired) electrons. The summed E-state index contributed by atoms with van der Waals surface area (Å²) in [4.78, 5) is 50.7. The molecule has 238 valence electrons. The van der Waals surface area contributed by atoms with E-state index < -0.39 is 47.8 Å². The molecule has 1 aromatic carbocycles. The number of ketones is 1. The van der Waals surface area contributed by atoms with Crippen molar-refractivity contribution in [1.29, 1.82) is 0 Å². The van der Waals surface area contributed by atoms with E-state index in [1.54, 1.807) is 6.07 Å². The van der Waals surface area contributed by atoms with E-state index in [0.29, 0.717) is 17.6 Å². The predicted octanol–water partition coefficient (Wildman–Crippen LogP) is 4.78. The first-order valence-corrected chi connectivity index (χ1v) is 15.3. The summed E-state index contributed by atoms with van der Waals surface area (Å²) < 4.78 is 49.4. The fourth-order valence-electron chi connectivity index (χ4n) is 6.52. The topological polar surface area (TPSA) is 129 Å². The van der Waals surface area contributed by atoms with E-state index in [0.717, 1.165) is 32.1 Å². The third-order valence-corrected chi connectivity index (χ3v) is 8.98. The van der Waals surface area contributed by atoms with Crippen molar-refractivity contribution in [3.05, 3.63) is 17.8 Å². The number of aryl methyl sites for hydroxylation is 1. The van der Waals surface area contributed by atoms with E-state index in [1.807, 2.05) is 27.7 Å². The van der Waals surface area contributed by atoms with E-state index in [-0.39, 0.29) is 47.2 Å². The summed E-state index contributed by atoms with van der Waals surface area (Å²) in [5, 5.41) is 2.78. The van der Waals surface area contributed by atoms with Gasteiger partial charge in [0.1, 0.15) is 29.5 Å². The normalized spacial score (nSPS) is 30.3. The number of rotatable bonds is 1. The Hall–Kier alpha value is -3.77. The number of carbonyl (C=O) groups excluding carboxylic acids is 3. The number of halogens is 2. The highest BCUT2D eigenvalue weighted by Crippen LogP contribution is 2.45. The van der Waals surface area contributed by atoms with Crippen molar-refractivity contribution in [3.63, 3.8) is 0 Å². The van der Waals surface area contributed by atoms with Crippen molar-refractivity contribution in [2.45, 2.75) is 104 Å². The van der Waals surface area contributed by atoms with Crippen molar-refractivity contribution >= 4 is 28.8 Å². The second-order valence-electron chi connectivity index (χ2n) is 13.4. The molecular formula is C31H38F2N4O7. The molecule has 2 bridgehead atoms. The minimum atomic E-state index is -3.83. The number of Topliss-reactive ketones (excluding diaryl/α,β-unsaturated/α-hetero) is 1. The van der Waals surface area contributed by atoms with Crippen LogP contribution in [-0.4, -0.2) is 69.8 Å². The number of nitrogens with zero attached hydrogens (tertiary/aromatic N) is 3. The van der Waals surface area contributed by atoms with Crippen LogP contribution in [0.3, 0.4) is 0 Å². The van der Waals surface area contributed by atoms with Crippen LogP contribution in [0.5, 0.6) is 17.4 Å². The zero-order valence-corrected chi connectivity index (χ0v) is 25.5. The van der Waals surface area contributed by atoms with Gasteiger partial charge in [0.25, 0.3) is 0 Å². The number of benzene rings is 1. The number of amides is 2. The molecule has 6 rings (SSSR count). The molecule has 1 saturated heterocycles. The van der Waals surface area contributed by atoms with Gasteiger partial charge in [0.2, 0.25) is 17.5 Å². The molecule has 2 fully saturated rings. The Morgan fingerprint density at radius 1 is 1.07 bits per heavy atom. The van der Waals surface area contributed by atoms with E-state index in [1.165, 1.54) is 17.9 Å². The van der Waals surface area contributed by atoms with Gasteiger partial charge in [0, 0.05) is 5.92 Å². The Morgan fingerprint density at radius 3 is 2.57 bits per heavy atom. The Labute approximate surface area is 254 Å². The molecule has 13 heteroatoms. The van der Waals surface area contributed by atoms with Crippen LogP contribution in [0.25, 0.3) is 11.0 Å². The quantitative estimate of drug-likeness (QED) is 0.481. The van der Waals surface area contributed by atoms with Crippen LogP contribution in [-0.2, 0) is 20.7 Å². The molecule has 1 saturated carbocycles. The van der Waals surface area contributed by atoms with E-state index in [2.05, 4.69) is 15.0 Å². The summed E-state index contributed by atoms with van der Waals surface area (Å²) in [6.07, 6.45) is -0.552. The average Bonchev–Trinajstić information content (AvgIpc) is 3.44. The molecule has 1 aliphatic carbocycles. The van der Waals surface area contributed by atoms with Gasteiger partial charge < -0.3 is 29.2 Å². The molecule has 0 spiro atoms. The van der Waals surface area contributed by atoms with Gasteiger partial charge in [-0.1, -0.05) is 40.5 Å². The van der Waals surface area contributed by atoms with Crippen molar-refractivity contribution in [2.24, 2.45) is 17.3 Å². The van der Waals surface area contributed by atoms with Gasteiger partial charge in [0.15, 0.2) is 11.5 Å². The fourth-order valence-corrected chi connectivity index (χ4v) is 6.52. The third kappa shape index (κ3) is 5.84. The van der Waals surface area contributed by atoms with Crippen LogP contribution in [0.2, 0.25) is 0 Å². The maximum atomic E-state index is 14.1. The molecule has 1 aromatic heterocycles. The van der Waals surface area contributed by atoms with Gasteiger partial charge in [-0.25, -0.2) is 14.8 Å². The van der Waals surface area contributed by atoms with Gasteiger partial charge in [-0.15, -0.1) is 8.78 Å². The molecule has 44 heavy (non-hydrogen) atoms. The molecule has 2 aromatic rings. The van der Waals surface area contributed by atoms with Crippen LogP contribution in [0.15, 0.2) is 12.1 Å². The third-order valence-electron chi connectivity index (χ3n) is 8.98. The molecule has 1 N–H and O–H groups in total. The maximum absolute atomic E-state index is 14.1. The number of alkyl halides is 2. The van der Waals surface area contributed by atoms with Gasteiger partial charge in [-0.2, -0.15) is 0 Å². The number of fused-ring (bicyclic) bond motifs is 7. The average molecular weight is 617 g/mol. The van der Waals surface area contributed by atoms with E-state index in [4.69, 9.17) is 19.2 Å². The SMILES string of the molecule is CC(=O)[C@@H]1C(C)[C@@H]2CN1C(=O)[C@H](C(C)(C)C)NC(=O)O[C@@H]1C[C@H]1CCCCCc1nc3ccc4c(c3nc1O2)OC(F)(F)O4. The Kier molecular flexibility index (Phi) is 7.56. The second-order valence-corrected chi connectivity index (χ2v) is 13.4. The summed E-state index contributed by atoms with van der Waals surface area (Å²) in [5.74, 6) is -1.08. The van der Waals surface area contributed by atoms with Crippen molar-refractivity contribution < 1.29 is 42.1 Å².